The van der Waals surface area contributed by atoms with Crippen molar-refractivity contribution in [2.75, 3.05) is 18.0 Å². The topological polar surface area (TPSA) is 64.4 Å². The predicted molar refractivity (Wildman–Crippen MR) is 111 cm³/mol. The van der Waals surface area contributed by atoms with E-state index in [9.17, 15) is 12.8 Å². The summed E-state index contributed by atoms with van der Waals surface area (Å²) in [4.78, 5) is 1.99. The Morgan fingerprint density at radius 2 is 1.97 bits per heavy atom. The van der Waals surface area contributed by atoms with Crippen molar-refractivity contribution in [3.63, 3.8) is 0 Å². The summed E-state index contributed by atoms with van der Waals surface area (Å²) in [6, 6.07) is 13.6. The van der Waals surface area contributed by atoms with Gasteiger partial charge in [0.15, 0.2) is 0 Å². The maximum absolute atomic E-state index is 14.3. The summed E-state index contributed by atoms with van der Waals surface area (Å²) in [7, 11) is -3.25. The van der Waals surface area contributed by atoms with Gasteiger partial charge in [0.25, 0.3) is 0 Å². The van der Waals surface area contributed by atoms with Gasteiger partial charge >= 0.3 is 0 Å². The van der Waals surface area contributed by atoms with Crippen molar-refractivity contribution in [2.24, 2.45) is 0 Å². The molecule has 0 aromatic heterocycles. The van der Waals surface area contributed by atoms with E-state index in [1.54, 1.807) is 40.7 Å². The number of nitriles is 1. The molecular weight excluding hydrogens is 413 g/mol. The maximum Gasteiger partial charge on any atom is 0.217 e. The van der Waals surface area contributed by atoms with Crippen molar-refractivity contribution in [1.29, 1.82) is 5.26 Å². The fraction of sp³-hybridized carbons (Fsp3) is 0.381. The molecule has 0 radical (unpaired) electrons. The number of halogens is 2. The summed E-state index contributed by atoms with van der Waals surface area (Å²) >= 11 is 6.24. The standard InChI is InChI=1S/C21H21ClFN3O2S/c22-20-11-17(6-5-15(20)12-24)26(13-16-3-1-2-4-21(16)23)18-9-10-25(14-18)29(27,28)19-7-8-19/h1-6,11,18-19H,7-10,13-14H2/t18-/m0/s1. The first-order valence-electron chi connectivity index (χ1n) is 9.59. The molecule has 29 heavy (non-hydrogen) atoms. The van der Waals surface area contributed by atoms with E-state index in [2.05, 4.69) is 0 Å². The van der Waals surface area contributed by atoms with Gasteiger partial charge in [-0.05, 0) is 43.5 Å². The summed E-state index contributed by atoms with van der Waals surface area (Å²) in [5.74, 6) is -0.308. The van der Waals surface area contributed by atoms with Crippen LogP contribution in [-0.2, 0) is 16.6 Å². The molecule has 2 aromatic rings. The SMILES string of the molecule is N#Cc1ccc(N(Cc2ccccc2F)[C@H]2CCN(S(=O)(=O)C3CC3)C2)cc1Cl. The Balaban J connectivity index is 1.64. The second kappa shape index (κ2) is 7.94. The van der Waals surface area contributed by atoms with Gasteiger partial charge < -0.3 is 4.90 Å². The molecule has 0 unspecified atom stereocenters. The Hall–Kier alpha value is -2.14. The average Bonchev–Trinajstić information content (AvgIpc) is 3.45. The minimum atomic E-state index is -3.25. The zero-order valence-electron chi connectivity index (χ0n) is 15.8. The van der Waals surface area contributed by atoms with Crippen LogP contribution < -0.4 is 4.90 Å². The monoisotopic (exact) mass is 433 g/mol. The zero-order chi connectivity index (χ0) is 20.6. The lowest BCUT2D eigenvalue weighted by molar-refractivity contribution is 0.466. The molecule has 5 nitrogen and oxygen atoms in total. The third-order valence-corrected chi connectivity index (χ3v) is 8.25. The van der Waals surface area contributed by atoms with Gasteiger partial charge in [0.2, 0.25) is 10.0 Å². The van der Waals surface area contributed by atoms with Crippen molar-refractivity contribution >= 4 is 27.3 Å². The molecule has 0 bridgehead atoms. The molecule has 0 N–H and O–H groups in total. The van der Waals surface area contributed by atoms with E-state index >= 15 is 0 Å². The maximum atomic E-state index is 14.3. The highest BCUT2D eigenvalue weighted by atomic mass is 35.5. The summed E-state index contributed by atoms with van der Waals surface area (Å²) < 4.78 is 41.2. The Kier molecular flexibility index (Phi) is 5.52. The molecule has 1 aliphatic heterocycles. The number of sulfonamides is 1. The van der Waals surface area contributed by atoms with E-state index in [0.29, 0.717) is 35.7 Å². The minimum absolute atomic E-state index is 0.105. The lowest BCUT2D eigenvalue weighted by Gasteiger charge is -2.32. The van der Waals surface area contributed by atoms with Gasteiger partial charge in [0.05, 0.1) is 15.8 Å². The van der Waals surface area contributed by atoms with Crippen LogP contribution in [-0.4, -0.2) is 37.1 Å². The van der Waals surface area contributed by atoms with Gasteiger partial charge in [0.1, 0.15) is 11.9 Å². The predicted octanol–water partition coefficient (Wildman–Crippen LogP) is 3.92. The van der Waals surface area contributed by atoms with Crippen molar-refractivity contribution in [1.82, 2.24) is 4.31 Å². The highest BCUT2D eigenvalue weighted by Crippen LogP contribution is 2.35. The normalized spacial score (nSPS) is 19.8. The van der Waals surface area contributed by atoms with Gasteiger partial charge in [0, 0.05) is 36.9 Å². The Labute approximate surface area is 175 Å². The first kappa shape index (κ1) is 20.1. The van der Waals surface area contributed by atoms with Crippen molar-refractivity contribution in [3.8, 4) is 6.07 Å². The third kappa shape index (κ3) is 4.11. The lowest BCUT2D eigenvalue weighted by atomic mass is 10.1. The molecule has 1 saturated carbocycles. The van der Waals surface area contributed by atoms with Gasteiger partial charge in [-0.3, -0.25) is 0 Å². The fourth-order valence-electron chi connectivity index (χ4n) is 3.79. The molecule has 1 saturated heterocycles. The average molecular weight is 434 g/mol. The molecule has 1 aliphatic carbocycles. The van der Waals surface area contributed by atoms with Crippen LogP contribution in [0.5, 0.6) is 0 Å². The molecule has 2 fully saturated rings. The molecule has 1 atom stereocenters. The van der Waals surface area contributed by atoms with E-state index in [4.69, 9.17) is 16.9 Å². The Morgan fingerprint density at radius 1 is 1.21 bits per heavy atom. The first-order valence-corrected chi connectivity index (χ1v) is 11.5. The van der Waals surface area contributed by atoms with Crippen LogP contribution in [0.2, 0.25) is 5.02 Å². The third-order valence-electron chi connectivity index (χ3n) is 5.58. The van der Waals surface area contributed by atoms with E-state index in [-0.39, 0.29) is 23.7 Å². The summed E-state index contributed by atoms with van der Waals surface area (Å²) in [5, 5.41) is 9.22. The second-order valence-corrected chi connectivity index (χ2v) is 10.2. The summed E-state index contributed by atoms with van der Waals surface area (Å²) in [6.45, 7) is 1.11. The molecular formula is C21H21ClFN3O2S. The molecule has 0 amide bonds. The number of nitrogens with zero attached hydrogens (tertiary/aromatic N) is 3. The first-order chi connectivity index (χ1) is 13.9. The molecule has 8 heteroatoms. The van der Waals surface area contributed by atoms with Crippen molar-refractivity contribution in [2.45, 2.75) is 37.1 Å². The number of rotatable bonds is 6. The van der Waals surface area contributed by atoms with Crippen LogP contribution in [0.4, 0.5) is 10.1 Å². The molecule has 1 heterocycles. The van der Waals surface area contributed by atoms with Gasteiger partial charge in [-0.25, -0.2) is 12.8 Å². The van der Waals surface area contributed by atoms with Gasteiger partial charge in [-0.1, -0.05) is 29.8 Å². The molecule has 2 aliphatic rings. The van der Waals surface area contributed by atoms with Gasteiger partial charge in [-0.2, -0.15) is 9.57 Å². The largest absolute Gasteiger partial charge is 0.363 e. The van der Waals surface area contributed by atoms with Gasteiger partial charge in [-0.15, -0.1) is 0 Å². The Morgan fingerprint density at radius 3 is 2.62 bits per heavy atom. The summed E-state index contributed by atoms with van der Waals surface area (Å²) in [6.07, 6.45) is 2.11. The van der Waals surface area contributed by atoms with Crippen LogP contribution in [0.3, 0.4) is 0 Å². The van der Waals surface area contributed by atoms with Crippen LogP contribution in [0.15, 0.2) is 42.5 Å². The quantitative estimate of drug-likeness (QED) is 0.692. The molecule has 4 rings (SSSR count). The number of anilines is 1. The van der Waals surface area contributed by atoms with E-state index in [1.807, 2.05) is 11.0 Å². The number of hydrogen-bond acceptors (Lipinski definition) is 4. The minimum Gasteiger partial charge on any atom is -0.363 e. The number of benzene rings is 2. The zero-order valence-corrected chi connectivity index (χ0v) is 17.3. The lowest BCUT2D eigenvalue weighted by Crippen LogP contribution is -2.39. The van der Waals surface area contributed by atoms with E-state index < -0.39 is 10.0 Å². The summed E-state index contributed by atoms with van der Waals surface area (Å²) in [5.41, 5.74) is 1.63. The van der Waals surface area contributed by atoms with Crippen LogP contribution in [0.25, 0.3) is 0 Å². The van der Waals surface area contributed by atoms with Crippen molar-refractivity contribution < 1.29 is 12.8 Å². The number of hydrogen-bond donors (Lipinski definition) is 0. The van der Waals surface area contributed by atoms with Crippen LogP contribution in [0.1, 0.15) is 30.4 Å². The fourth-order valence-corrected chi connectivity index (χ4v) is 5.90. The Bertz CT molecular complexity index is 1070. The molecule has 152 valence electrons. The highest BCUT2D eigenvalue weighted by Gasteiger charge is 2.43. The molecule has 0 spiro atoms. The molecule has 2 aromatic carbocycles. The van der Waals surface area contributed by atoms with E-state index in [1.165, 1.54) is 6.07 Å². The van der Waals surface area contributed by atoms with Crippen LogP contribution >= 0.6 is 11.6 Å². The highest BCUT2D eigenvalue weighted by molar-refractivity contribution is 7.90. The second-order valence-electron chi connectivity index (χ2n) is 7.54. The van der Waals surface area contributed by atoms with Crippen LogP contribution in [0, 0.1) is 17.1 Å². The smallest absolute Gasteiger partial charge is 0.217 e. The van der Waals surface area contributed by atoms with E-state index in [0.717, 1.165) is 18.5 Å². The van der Waals surface area contributed by atoms with Crippen molar-refractivity contribution in [3.05, 3.63) is 64.4 Å².